The topological polar surface area (TPSA) is 62.2 Å². The van der Waals surface area contributed by atoms with Crippen LogP contribution in [0.2, 0.25) is 0 Å². The molecule has 7 heteroatoms. The van der Waals surface area contributed by atoms with Crippen molar-refractivity contribution in [2.24, 2.45) is 10.3 Å². The maximum Gasteiger partial charge on any atom is 0.286 e. The van der Waals surface area contributed by atoms with Gasteiger partial charge in [0.25, 0.3) is 10.0 Å². The molecule has 3 aromatic carbocycles. The molecule has 0 N–H and O–H groups in total. The third-order valence-electron chi connectivity index (χ3n) is 9.15. The molecule has 0 spiro atoms. The van der Waals surface area contributed by atoms with Crippen LogP contribution in [0.15, 0.2) is 82.1 Å². The zero-order valence-corrected chi connectivity index (χ0v) is 26.1. The molecule has 0 bridgehead atoms. The van der Waals surface area contributed by atoms with E-state index in [0.29, 0.717) is 35.4 Å². The molecule has 3 aliphatic rings. The Morgan fingerprint density at radius 2 is 1.55 bits per heavy atom. The number of nitrogens with zero attached hydrogens (tertiary/aromatic N) is 3. The normalized spacial score (nSPS) is 22.2. The number of hydrogen-bond acceptors (Lipinski definition) is 3. The Labute approximate surface area is 250 Å². The molecule has 0 radical (unpaired) electrons. The largest absolute Gasteiger partial charge is 0.487 e. The lowest BCUT2D eigenvalue weighted by Gasteiger charge is -2.46. The second-order valence-electron chi connectivity index (χ2n) is 12.6. The summed E-state index contributed by atoms with van der Waals surface area (Å²) in [6.07, 6.45) is 7.05. The Kier molecular flexibility index (Phi) is 7.42. The minimum absolute atomic E-state index is 0.0919. The summed E-state index contributed by atoms with van der Waals surface area (Å²) in [6, 6.07) is 20.6. The van der Waals surface area contributed by atoms with Crippen LogP contribution in [0.1, 0.15) is 60.1 Å². The van der Waals surface area contributed by atoms with Gasteiger partial charge < -0.3 is 14.5 Å². The molecule has 1 fully saturated rings. The van der Waals surface area contributed by atoms with Gasteiger partial charge in [-0.1, -0.05) is 72.8 Å². The lowest BCUT2D eigenvalue weighted by Crippen LogP contribution is -2.57. The van der Waals surface area contributed by atoms with E-state index < -0.39 is 10.0 Å². The van der Waals surface area contributed by atoms with Crippen LogP contribution < -0.4 is 4.74 Å². The molecule has 2 aliphatic heterocycles. The van der Waals surface area contributed by atoms with Crippen LogP contribution >= 0.6 is 0 Å². The quantitative estimate of drug-likeness (QED) is 0.302. The van der Waals surface area contributed by atoms with E-state index in [0.717, 1.165) is 59.4 Å². The van der Waals surface area contributed by atoms with Crippen molar-refractivity contribution in [3.05, 3.63) is 106 Å². The monoisotopic (exact) mass is 583 g/mol. The van der Waals surface area contributed by atoms with E-state index in [9.17, 15) is 8.42 Å². The number of ether oxygens (including phenoxy) is 1. The number of benzene rings is 3. The van der Waals surface area contributed by atoms with Crippen molar-refractivity contribution < 1.29 is 13.2 Å². The van der Waals surface area contributed by atoms with Crippen molar-refractivity contribution in [3.63, 3.8) is 0 Å². The summed E-state index contributed by atoms with van der Waals surface area (Å²) in [7, 11) is -4.06. The Hall–Kier alpha value is -3.58. The van der Waals surface area contributed by atoms with Gasteiger partial charge in [-0.15, -0.1) is 4.40 Å². The minimum atomic E-state index is -4.06. The first kappa shape index (κ1) is 28.5. The number of sulfonamides is 1. The molecule has 0 saturated carbocycles. The van der Waals surface area contributed by atoms with Gasteiger partial charge in [0.1, 0.15) is 11.4 Å². The van der Waals surface area contributed by atoms with Crippen LogP contribution in [0.3, 0.4) is 0 Å². The predicted molar refractivity (Wildman–Crippen MR) is 168 cm³/mol. The number of fused-ring (bicyclic) bond motifs is 2. The van der Waals surface area contributed by atoms with Gasteiger partial charge in [0.05, 0.1) is 10.9 Å². The van der Waals surface area contributed by atoms with Crippen molar-refractivity contribution in [1.29, 1.82) is 0 Å². The summed E-state index contributed by atoms with van der Waals surface area (Å²) in [4.78, 5) is 4.69. The highest BCUT2D eigenvalue weighted by molar-refractivity contribution is 7.90. The van der Waals surface area contributed by atoms with Crippen LogP contribution in [0.4, 0.5) is 0 Å². The number of guanidine groups is 1. The Morgan fingerprint density at radius 1 is 0.905 bits per heavy atom. The second kappa shape index (κ2) is 10.9. The maximum absolute atomic E-state index is 14.5. The summed E-state index contributed by atoms with van der Waals surface area (Å²) in [5.41, 5.74) is 5.32. The highest BCUT2D eigenvalue weighted by Gasteiger charge is 2.41. The van der Waals surface area contributed by atoms with Crippen molar-refractivity contribution in [3.8, 4) is 5.75 Å². The summed E-state index contributed by atoms with van der Waals surface area (Å²) in [5, 5.41) is 0. The first-order chi connectivity index (χ1) is 20.0. The van der Waals surface area contributed by atoms with Crippen molar-refractivity contribution >= 4 is 16.0 Å². The minimum Gasteiger partial charge on any atom is -0.487 e. The number of rotatable bonds is 6. The van der Waals surface area contributed by atoms with E-state index in [1.165, 1.54) is 0 Å². The average Bonchev–Trinajstić information content (AvgIpc) is 3.42. The lowest BCUT2D eigenvalue weighted by atomic mass is 9.88. The second-order valence-corrected chi connectivity index (χ2v) is 14.2. The molecule has 2 heterocycles. The first-order valence-electron chi connectivity index (χ1n) is 15.0. The average molecular weight is 584 g/mol. The predicted octanol–water partition coefficient (Wildman–Crippen LogP) is 6.72. The smallest absolute Gasteiger partial charge is 0.286 e. The molecule has 0 aromatic heterocycles. The standard InChI is InChI=1S/C35H41N3O3S/c1-24-25(2)33(26(3)30-19-20-35(4,5)41-32(24)30)42(39,40)36-34-37(21-27-13-8-6-9-14-27)23-29-17-12-18-31(29)38(34)22-28-15-10-7-11-16-28/h6-16,18,29,31H,17,19-23H2,1-5H3/b36-34+/t29-,31-/m0/s1. The Bertz CT molecular complexity index is 1650. The molecular formula is C35H41N3O3S. The van der Waals surface area contributed by atoms with Crippen molar-refractivity contribution in [2.75, 3.05) is 6.54 Å². The van der Waals surface area contributed by atoms with Crippen LogP contribution in [-0.2, 0) is 29.5 Å². The van der Waals surface area contributed by atoms with Gasteiger partial charge >= 0.3 is 0 Å². The molecule has 2 atom stereocenters. The van der Waals surface area contributed by atoms with Crippen LogP contribution in [0, 0.1) is 26.7 Å². The van der Waals surface area contributed by atoms with Gasteiger partial charge in [0.2, 0.25) is 5.96 Å². The SMILES string of the molecule is Cc1c(C)c(S(=O)(=O)/N=C2\N(Cc3ccccc3)C[C@@H]3CC=C[C@@H]3N2Cc2ccccc2)c(C)c2c1OC(C)(C)CC2. The number of hydrogen-bond donors (Lipinski definition) is 0. The van der Waals surface area contributed by atoms with E-state index in [1.807, 2.05) is 57.2 Å². The fourth-order valence-electron chi connectivity index (χ4n) is 6.80. The zero-order chi connectivity index (χ0) is 29.6. The molecule has 42 heavy (non-hydrogen) atoms. The van der Waals surface area contributed by atoms with Crippen molar-refractivity contribution in [2.45, 2.75) is 83.5 Å². The number of allylic oxidation sites excluding steroid dienone is 1. The van der Waals surface area contributed by atoms with Gasteiger partial charge in [-0.25, -0.2) is 0 Å². The van der Waals surface area contributed by atoms with Crippen LogP contribution in [0.25, 0.3) is 0 Å². The maximum atomic E-state index is 14.5. The third kappa shape index (κ3) is 5.35. The zero-order valence-electron chi connectivity index (χ0n) is 25.3. The summed E-state index contributed by atoms with van der Waals surface area (Å²) < 4.78 is 40.1. The van der Waals surface area contributed by atoms with Gasteiger partial charge in [-0.3, -0.25) is 0 Å². The summed E-state index contributed by atoms with van der Waals surface area (Å²) in [5.74, 6) is 1.72. The molecule has 1 aliphatic carbocycles. The molecular weight excluding hydrogens is 542 g/mol. The van der Waals surface area contributed by atoms with Gasteiger partial charge in [-0.2, -0.15) is 8.42 Å². The molecule has 3 aromatic rings. The van der Waals surface area contributed by atoms with Gasteiger partial charge in [0.15, 0.2) is 0 Å². The van der Waals surface area contributed by atoms with Crippen molar-refractivity contribution in [1.82, 2.24) is 9.80 Å². The van der Waals surface area contributed by atoms with Crippen LogP contribution in [-0.4, -0.2) is 42.4 Å². The molecule has 0 amide bonds. The fourth-order valence-corrected chi connectivity index (χ4v) is 8.38. The highest BCUT2D eigenvalue weighted by Crippen LogP contribution is 2.43. The summed E-state index contributed by atoms with van der Waals surface area (Å²) >= 11 is 0. The fraction of sp³-hybridized carbons (Fsp3) is 0.400. The van der Waals surface area contributed by atoms with E-state index in [4.69, 9.17) is 9.13 Å². The molecule has 0 unspecified atom stereocenters. The van der Waals surface area contributed by atoms with E-state index in [2.05, 4.69) is 60.1 Å². The van der Waals surface area contributed by atoms with Gasteiger partial charge in [0, 0.05) is 25.6 Å². The Balaban J connectivity index is 1.49. The molecule has 220 valence electrons. The lowest BCUT2D eigenvalue weighted by molar-refractivity contribution is 0.0832. The summed E-state index contributed by atoms with van der Waals surface area (Å²) in [6.45, 7) is 11.9. The van der Waals surface area contributed by atoms with E-state index in [1.54, 1.807) is 0 Å². The van der Waals surface area contributed by atoms with Gasteiger partial charge in [-0.05, 0) is 87.3 Å². The Morgan fingerprint density at radius 3 is 2.21 bits per heavy atom. The molecule has 1 saturated heterocycles. The molecule has 6 nitrogen and oxygen atoms in total. The van der Waals surface area contributed by atoms with Crippen LogP contribution in [0.5, 0.6) is 5.75 Å². The third-order valence-corrected chi connectivity index (χ3v) is 10.7. The highest BCUT2D eigenvalue weighted by atomic mass is 32.2. The van der Waals surface area contributed by atoms with E-state index >= 15 is 0 Å². The van der Waals surface area contributed by atoms with E-state index in [-0.39, 0.29) is 11.6 Å². The first-order valence-corrected chi connectivity index (χ1v) is 16.4. The molecule has 6 rings (SSSR count).